The fraction of sp³-hybridized carbons (Fsp3) is 0.588. The van der Waals surface area contributed by atoms with E-state index in [1.807, 2.05) is 13.2 Å². The number of benzene rings is 1. The highest BCUT2D eigenvalue weighted by molar-refractivity contribution is 7.98. The van der Waals surface area contributed by atoms with Gasteiger partial charge in [-0.25, -0.2) is 8.42 Å². The van der Waals surface area contributed by atoms with Gasteiger partial charge in [-0.15, -0.1) is 0 Å². The minimum absolute atomic E-state index is 0.106. The van der Waals surface area contributed by atoms with E-state index in [0.717, 1.165) is 31.5 Å². The molecule has 1 fully saturated rings. The first-order valence-electron chi connectivity index (χ1n) is 8.51. The van der Waals surface area contributed by atoms with Gasteiger partial charge in [0.2, 0.25) is 15.9 Å². The molecule has 1 aromatic carbocycles. The van der Waals surface area contributed by atoms with Crippen LogP contribution in [0.4, 0.5) is 0 Å². The van der Waals surface area contributed by atoms with Crippen LogP contribution in [-0.2, 0) is 14.8 Å². The summed E-state index contributed by atoms with van der Waals surface area (Å²) in [7, 11) is -3.72. The first-order chi connectivity index (χ1) is 11.9. The molecule has 25 heavy (non-hydrogen) atoms. The number of sulfonamides is 1. The maximum absolute atomic E-state index is 12.6. The van der Waals surface area contributed by atoms with Crippen molar-refractivity contribution in [3.8, 4) is 0 Å². The van der Waals surface area contributed by atoms with Crippen molar-refractivity contribution in [3.05, 3.63) is 29.8 Å². The Morgan fingerprint density at radius 1 is 1.28 bits per heavy atom. The number of carbonyl (C=O) groups excluding carboxylic acids is 1. The van der Waals surface area contributed by atoms with Crippen LogP contribution in [0, 0.1) is 6.92 Å². The summed E-state index contributed by atoms with van der Waals surface area (Å²) in [6.45, 7) is 3.64. The summed E-state index contributed by atoms with van der Waals surface area (Å²) in [5, 5.41) is 6.25. The summed E-state index contributed by atoms with van der Waals surface area (Å²) in [5.74, 6) is 0.470. The fourth-order valence-corrected chi connectivity index (χ4v) is 4.42. The van der Waals surface area contributed by atoms with Gasteiger partial charge in [0.05, 0.1) is 4.90 Å². The van der Waals surface area contributed by atoms with E-state index in [2.05, 4.69) is 15.4 Å². The van der Waals surface area contributed by atoms with Crippen molar-refractivity contribution in [2.24, 2.45) is 0 Å². The third-order valence-corrected chi connectivity index (χ3v) is 6.37. The Hall–Kier alpha value is -1.09. The predicted molar refractivity (Wildman–Crippen MR) is 102 cm³/mol. The molecule has 1 aromatic rings. The zero-order valence-corrected chi connectivity index (χ0v) is 16.4. The van der Waals surface area contributed by atoms with Crippen LogP contribution in [0.1, 0.15) is 24.8 Å². The van der Waals surface area contributed by atoms with Crippen LogP contribution in [0.2, 0.25) is 0 Å². The highest BCUT2D eigenvalue weighted by Gasteiger charge is 2.27. The molecule has 0 aromatic heterocycles. The molecule has 1 amide bonds. The monoisotopic (exact) mass is 385 g/mol. The van der Waals surface area contributed by atoms with E-state index in [1.54, 1.807) is 36.0 Å². The van der Waals surface area contributed by atoms with Gasteiger partial charge in [0.1, 0.15) is 6.04 Å². The molecule has 0 aliphatic carbocycles. The molecule has 6 nitrogen and oxygen atoms in total. The van der Waals surface area contributed by atoms with Gasteiger partial charge in [0, 0.05) is 6.04 Å². The maximum atomic E-state index is 12.6. The molecule has 0 bridgehead atoms. The number of aryl methyl sites for hydroxylation is 1. The Bertz CT molecular complexity index is 656. The van der Waals surface area contributed by atoms with Gasteiger partial charge in [-0.3, -0.25) is 4.79 Å². The minimum Gasteiger partial charge on any atom is -0.352 e. The van der Waals surface area contributed by atoms with Gasteiger partial charge in [-0.1, -0.05) is 17.7 Å². The quantitative estimate of drug-likeness (QED) is 0.627. The van der Waals surface area contributed by atoms with E-state index in [0.29, 0.717) is 12.2 Å². The van der Waals surface area contributed by atoms with Crippen LogP contribution >= 0.6 is 11.8 Å². The SMILES string of the molecule is CSCCC(NS(=O)(=O)c1ccc(C)cc1)C(=O)NC1CCNCC1. The van der Waals surface area contributed by atoms with Crippen molar-refractivity contribution in [2.45, 2.75) is 43.2 Å². The van der Waals surface area contributed by atoms with Gasteiger partial charge in [-0.2, -0.15) is 16.5 Å². The lowest BCUT2D eigenvalue weighted by Gasteiger charge is -2.26. The number of nitrogens with one attached hydrogen (secondary N) is 3. The number of rotatable bonds is 8. The summed E-state index contributed by atoms with van der Waals surface area (Å²) in [6.07, 6.45) is 4.14. The highest BCUT2D eigenvalue weighted by atomic mass is 32.2. The van der Waals surface area contributed by atoms with Crippen molar-refractivity contribution in [3.63, 3.8) is 0 Å². The first kappa shape index (κ1) is 20.2. The molecular weight excluding hydrogens is 358 g/mol. The largest absolute Gasteiger partial charge is 0.352 e. The third-order valence-electron chi connectivity index (χ3n) is 4.24. The van der Waals surface area contributed by atoms with Crippen LogP contribution in [0.5, 0.6) is 0 Å². The Kier molecular flexibility index (Phi) is 7.74. The van der Waals surface area contributed by atoms with Crippen LogP contribution in [0.3, 0.4) is 0 Å². The Labute approximate surface area is 154 Å². The topological polar surface area (TPSA) is 87.3 Å². The molecule has 2 rings (SSSR count). The van der Waals surface area contributed by atoms with E-state index < -0.39 is 16.1 Å². The van der Waals surface area contributed by atoms with Crippen molar-refractivity contribution < 1.29 is 13.2 Å². The van der Waals surface area contributed by atoms with Gasteiger partial charge in [-0.05, 0) is 63.4 Å². The summed E-state index contributed by atoms with van der Waals surface area (Å²) < 4.78 is 27.8. The zero-order valence-electron chi connectivity index (χ0n) is 14.7. The standard InChI is InChI=1S/C17H27N3O3S2/c1-13-3-5-15(6-4-13)25(22,23)20-16(9-12-24-2)17(21)19-14-7-10-18-11-8-14/h3-6,14,16,18,20H,7-12H2,1-2H3,(H,19,21). The summed E-state index contributed by atoms with van der Waals surface area (Å²) in [5.41, 5.74) is 0.988. The van der Waals surface area contributed by atoms with Gasteiger partial charge >= 0.3 is 0 Å². The van der Waals surface area contributed by atoms with Crippen LogP contribution in [0.25, 0.3) is 0 Å². The molecular formula is C17H27N3O3S2. The van der Waals surface area contributed by atoms with Gasteiger partial charge in [0.25, 0.3) is 0 Å². The summed E-state index contributed by atoms with van der Waals surface area (Å²) >= 11 is 1.59. The molecule has 1 saturated heterocycles. The molecule has 0 saturated carbocycles. The van der Waals surface area contributed by atoms with Crippen molar-refractivity contribution in [1.82, 2.24) is 15.4 Å². The predicted octanol–water partition coefficient (Wildman–Crippen LogP) is 1.26. The lowest BCUT2D eigenvalue weighted by Crippen LogP contribution is -2.51. The van der Waals surface area contributed by atoms with Gasteiger partial charge < -0.3 is 10.6 Å². The molecule has 8 heteroatoms. The second kappa shape index (κ2) is 9.56. The number of piperidine rings is 1. The van der Waals surface area contributed by atoms with E-state index in [1.165, 1.54) is 0 Å². The smallest absolute Gasteiger partial charge is 0.241 e. The molecule has 1 aliphatic heterocycles. The third kappa shape index (κ3) is 6.29. The van der Waals surface area contributed by atoms with E-state index in [9.17, 15) is 13.2 Å². The van der Waals surface area contributed by atoms with E-state index in [4.69, 9.17) is 0 Å². The van der Waals surface area contributed by atoms with Crippen LogP contribution in [-0.4, -0.2) is 51.5 Å². The Morgan fingerprint density at radius 3 is 2.52 bits per heavy atom. The molecule has 1 unspecified atom stereocenters. The Morgan fingerprint density at radius 2 is 1.92 bits per heavy atom. The number of thioether (sulfide) groups is 1. The van der Waals surface area contributed by atoms with Crippen molar-refractivity contribution in [2.75, 3.05) is 25.1 Å². The zero-order chi connectivity index (χ0) is 18.3. The molecule has 0 radical (unpaired) electrons. The first-order valence-corrected chi connectivity index (χ1v) is 11.4. The minimum atomic E-state index is -3.72. The second-order valence-corrected chi connectivity index (χ2v) is 9.00. The van der Waals surface area contributed by atoms with Crippen molar-refractivity contribution >= 4 is 27.7 Å². The molecule has 1 aliphatic rings. The van der Waals surface area contributed by atoms with Crippen LogP contribution < -0.4 is 15.4 Å². The molecule has 1 atom stereocenters. The lowest BCUT2D eigenvalue weighted by molar-refractivity contribution is -0.123. The lowest BCUT2D eigenvalue weighted by atomic mass is 10.1. The molecule has 0 spiro atoms. The fourth-order valence-electron chi connectivity index (χ4n) is 2.72. The van der Waals surface area contributed by atoms with E-state index >= 15 is 0 Å². The average molecular weight is 386 g/mol. The number of hydrogen-bond donors (Lipinski definition) is 3. The second-order valence-electron chi connectivity index (χ2n) is 6.30. The normalized spacial score (nSPS) is 17.2. The van der Waals surface area contributed by atoms with Crippen LogP contribution in [0.15, 0.2) is 29.2 Å². The Balaban J connectivity index is 2.07. The van der Waals surface area contributed by atoms with Gasteiger partial charge in [0.15, 0.2) is 0 Å². The molecule has 140 valence electrons. The number of amides is 1. The number of hydrogen-bond acceptors (Lipinski definition) is 5. The molecule has 1 heterocycles. The highest BCUT2D eigenvalue weighted by Crippen LogP contribution is 2.13. The maximum Gasteiger partial charge on any atom is 0.241 e. The number of carbonyl (C=O) groups is 1. The summed E-state index contributed by atoms with van der Waals surface area (Å²) in [4.78, 5) is 12.8. The van der Waals surface area contributed by atoms with Crippen molar-refractivity contribution in [1.29, 1.82) is 0 Å². The summed E-state index contributed by atoms with van der Waals surface area (Å²) in [6, 6.07) is 5.98. The van der Waals surface area contributed by atoms with E-state index in [-0.39, 0.29) is 16.8 Å². The molecule has 3 N–H and O–H groups in total. The average Bonchev–Trinajstić information content (AvgIpc) is 2.59.